The minimum Gasteiger partial charge on any atom is -0.316 e. The van der Waals surface area contributed by atoms with Gasteiger partial charge in [0.25, 0.3) is 0 Å². The van der Waals surface area contributed by atoms with Crippen LogP contribution in [0, 0.1) is 17.0 Å². The van der Waals surface area contributed by atoms with E-state index in [0.717, 1.165) is 12.8 Å². The van der Waals surface area contributed by atoms with Crippen LogP contribution >= 0.6 is 0 Å². The summed E-state index contributed by atoms with van der Waals surface area (Å²) in [6.45, 7) is 2.16. The fourth-order valence-electron chi connectivity index (χ4n) is 2.17. The summed E-state index contributed by atoms with van der Waals surface area (Å²) in [5.74, 6) is -0.881. The number of likely N-dealkylation sites (N-methyl/N-ethyl adjacent to an activating group) is 1. The summed E-state index contributed by atoms with van der Waals surface area (Å²) >= 11 is 0. The summed E-state index contributed by atoms with van der Waals surface area (Å²) in [6.07, 6.45) is 2.69. The van der Waals surface area contributed by atoms with E-state index in [1.54, 1.807) is 0 Å². The number of nitrogens with one attached hydrogen (secondary N) is 1. The Kier molecular flexibility index (Phi) is 2.98. The van der Waals surface area contributed by atoms with E-state index in [4.69, 9.17) is 0 Å². The molecule has 1 N–H and O–H groups in total. The highest BCUT2D eigenvalue weighted by molar-refractivity contribution is 5.22. The molecular formula is C13H17F2N. The minimum absolute atomic E-state index is 0.152. The highest BCUT2D eigenvalue weighted by Gasteiger charge is 2.44. The smallest absolute Gasteiger partial charge is 0.129 e. The summed E-state index contributed by atoms with van der Waals surface area (Å²) in [7, 11) is 1.85. The molecule has 0 aromatic heterocycles. The van der Waals surface area contributed by atoms with Gasteiger partial charge in [-0.3, -0.25) is 0 Å². The number of hydrogen-bond donors (Lipinski definition) is 1. The molecule has 1 fully saturated rings. The van der Waals surface area contributed by atoms with Crippen molar-refractivity contribution >= 4 is 0 Å². The Hall–Kier alpha value is -0.960. The Bertz CT molecular complexity index is 365. The first-order valence-corrected chi connectivity index (χ1v) is 5.67. The molecular weight excluding hydrogens is 208 g/mol. The van der Waals surface area contributed by atoms with Gasteiger partial charge in [-0.15, -0.1) is 0 Å². The third kappa shape index (κ3) is 2.09. The van der Waals surface area contributed by atoms with E-state index < -0.39 is 11.6 Å². The molecule has 1 nitrogen and oxygen atoms in total. The third-order valence-electron chi connectivity index (χ3n) is 3.70. The van der Waals surface area contributed by atoms with E-state index in [9.17, 15) is 8.78 Å². The average Bonchev–Trinajstić information content (AvgIpc) is 2.97. The largest absolute Gasteiger partial charge is 0.316 e. The zero-order valence-electron chi connectivity index (χ0n) is 9.69. The topological polar surface area (TPSA) is 12.0 Å². The van der Waals surface area contributed by atoms with Gasteiger partial charge in [-0.05, 0) is 43.9 Å². The van der Waals surface area contributed by atoms with E-state index >= 15 is 0 Å². The molecule has 2 rings (SSSR count). The first-order valence-electron chi connectivity index (χ1n) is 5.67. The van der Waals surface area contributed by atoms with Gasteiger partial charge in [-0.2, -0.15) is 0 Å². The van der Waals surface area contributed by atoms with Crippen molar-refractivity contribution in [1.29, 1.82) is 0 Å². The Balaban J connectivity index is 2.19. The SMILES string of the molecule is CNC(Cc1c(F)cccc1F)C1(C)CC1. The van der Waals surface area contributed by atoms with Crippen LogP contribution in [-0.2, 0) is 6.42 Å². The van der Waals surface area contributed by atoms with E-state index in [1.807, 2.05) is 7.05 Å². The van der Waals surface area contributed by atoms with Gasteiger partial charge in [-0.25, -0.2) is 8.78 Å². The predicted octanol–water partition coefficient (Wildman–Crippen LogP) is 2.90. The van der Waals surface area contributed by atoms with Gasteiger partial charge in [-0.1, -0.05) is 13.0 Å². The molecule has 3 heteroatoms. The number of rotatable bonds is 4. The molecule has 0 aliphatic heterocycles. The van der Waals surface area contributed by atoms with Gasteiger partial charge in [0.05, 0.1) is 0 Å². The van der Waals surface area contributed by atoms with Crippen LogP contribution in [0.2, 0.25) is 0 Å². The van der Waals surface area contributed by atoms with Gasteiger partial charge in [0.15, 0.2) is 0 Å². The highest BCUT2D eigenvalue weighted by atomic mass is 19.1. The molecule has 1 atom stereocenters. The summed E-state index contributed by atoms with van der Waals surface area (Å²) in [5.41, 5.74) is 0.415. The lowest BCUT2D eigenvalue weighted by Gasteiger charge is -2.23. The summed E-state index contributed by atoms with van der Waals surface area (Å²) in [4.78, 5) is 0. The fourth-order valence-corrected chi connectivity index (χ4v) is 2.17. The maximum absolute atomic E-state index is 13.5. The lowest BCUT2D eigenvalue weighted by Crippen LogP contribution is -2.36. The normalized spacial score (nSPS) is 19.5. The zero-order chi connectivity index (χ0) is 11.8. The Morgan fingerprint density at radius 1 is 1.31 bits per heavy atom. The van der Waals surface area contributed by atoms with Crippen molar-refractivity contribution in [3.63, 3.8) is 0 Å². The molecule has 16 heavy (non-hydrogen) atoms. The first-order chi connectivity index (χ1) is 7.57. The van der Waals surface area contributed by atoms with Crippen LogP contribution in [0.3, 0.4) is 0 Å². The predicted molar refractivity (Wildman–Crippen MR) is 60.3 cm³/mol. The third-order valence-corrected chi connectivity index (χ3v) is 3.70. The quantitative estimate of drug-likeness (QED) is 0.830. The van der Waals surface area contributed by atoms with Crippen LogP contribution in [0.15, 0.2) is 18.2 Å². The van der Waals surface area contributed by atoms with Crippen LogP contribution in [0.1, 0.15) is 25.3 Å². The van der Waals surface area contributed by atoms with Crippen molar-refractivity contribution in [2.45, 2.75) is 32.2 Å². The molecule has 1 aliphatic rings. The average molecular weight is 225 g/mol. The van der Waals surface area contributed by atoms with Crippen molar-refractivity contribution in [2.75, 3.05) is 7.05 Å². The monoisotopic (exact) mass is 225 g/mol. The molecule has 1 aromatic carbocycles. The minimum atomic E-state index is -0.440. The van der Waals surface area contributed by atoms with E-state index in [2.05, 4.69) is 12.2 Å². The molecule has 0 radical (unpaired) electrons. The van der Waals surface area contributed by atoms with E-state index in [-0.39, 0.29) is 17.0 Å². The highest BCUT2D eigenvalue weighted by Crippen LogP contribution is 2.49. The molecule has 0 saturated heterocycles. The number of benzene rings is 1. The standard InChI is InChI=1S/C13H17F2N/c1-13(6-7-13)12(16-2)8-9-10(14)4-3-5-11(9)15/h3-5,12,16H,6-8H2,1-2H3. The van der Waals surface area contributed by atoms with Crippen LogP contribution < -0.4 is 5.32 Å². The maximum atomic E-state index is 13.5. The van der Waals surface area contributed by atoms with Crippen molar-refractivity contribution in [3.8, 4) is 0 Å². The summed E-state index contributed by atoms with van der Waals surface area (Å²) in [6, 6.07) is 4.20. The lowest BCUT2D eigenvalue weighted by atomic mass is 9.92. The van der Waals surface area contributed by atoms with Crippen molar-refractivity contribution < 1.29 is 8.78 Å². The first kappa shape index (κ1) is 11.5. The van der Waals surface area contributed by atoms with Gasteiger partial charge in [0.1, 0.15) is 11.6 Å². The van der Waals surface area contributed by atoms with Gasteiger partial charge >= 0.3 is 0 Å². The molecule has 1 aliphatic carbocycles. The van der Waals surface area contributed by atoms with E-state index in [0.29, 0.717) is 6.42 Å². The maximum Gasteiger partial charge on any atom is 0.129 e. The molecule has 0 spiro atoms. The zero-order valence-corrected chi connectivity index (χ0v) is 9.69. The summed E-state index contributed by atoms with van der Waals surface area (Å²) in [5, 5.41) is 3.17. The molecule has 1 unspecified atom stereocenters. The molecule has 1 aromatic rings. The fraction of sp³-hybridized carbons (Fsp3) is 0.538. The Morgan fingerprint density at radius 3 is 2.31 bits per heavy atom. The van der Waals surface area contributed by atoms with E-state index in [1.165, 1.54) is 18.2 Å². The Labute approximate surface area is 94.9 Å². The second kappa shape index (κ2) is 4.13. The second-order valence-corrected chi connectivity index (χ2v) is 4.90. The van der Waals surface area contributed by atoms with Crippen LogP contribution in [0.25, 0.3) is 0 Å². The molecule has 0 bridgehead atoms. The second-order valence-electron chi connectivity index (χ2n) is 4.90. The van der Waals surface area contributed by atoms with Crippen molar-refractivity contribution in [1.82, 2.24) is 5.32 Å². The van der Waals surface area contributed by atoms with Crippen molar-refractivity contribution in [3.05, 3.63) is 35.4 Å². The van der Waals surface area contributed by atoms with Crippen LogP contribution in [0.5, 0.6) is 0 Å². The summed E-state index contributed by atoms with van der Waals surface area (Å²) < 4.78 is 27.0. The Morgan fingerprint density at radius 2 is 1.88 bits per heavy atom. The molecule has 0 heterocycles. The lowest BCUT2D eigenvalue weighted by molar-refractivity contribution is 0.366. The molecule has 0 amide bonds. The molecule has 1 saturated carbocycles. The van der Waals surface area contributed by atoms with Gasteiger partial charge < -0.3 is 5.32 Å². The number of halogens is 2. The van der Waals surface area contributed by atoms with Gasteiger partial charge in [0.2, 0.25) is 0 Å². The van der Waals surface area contributed by atoms with Crippen LogP contribution in [0.4, 0.5) is 8.78 Å². The molecule has 88 valence electrons. The van der Waals surface area contributed by atoms with Crippen LogP contribution in [-0.4, -0.2) is 13.1 Å². The number of hydrogen-bond acceptors (Lipinski definition) is 1. The van der Waals surface area contributed by atoms with Gasteiger partial charge in [0, 0.05) is 11.6 Å². The van der Waals surface area contributed by atoms with Crippen molar-refractivity contribution in [2.24, 2.45) is 5.41 Å².